The molecule has 2 N–H and O–H groups in total. The smallest absolute Gasteiger partial charge is 0.407 e. The number of hydrogen-bond acceptors (Lipinski definition) is 5. The standard InChI is InChI=1S/C17H24N2O5/c1-17(2,3)24-16(21)19-9-8-18-15(20)7-5-12-4-6-13-14(10-12)23-11-22-13/h4,6,10H,5,7-9,11H2,1-3H3,(H,18,20)(H,19,21). The lowest BCUT2D eigenvalue weighted by atomic mass is 10.1. The summed E-state index contributed by atoms with van der Waals surface area (Å²) in [6.07, 6.45) is 0.491. The van der Waals surface area contributed by atoms with Gasteiger partial charge in [0, 0.05) is 19.5 Å². The molecule has 2 amide bonds. The van der Waals surface area contributed by atoms with Gasteiger partial charge in [-0.25, -0.2) is 4.79 Å². The second-order valence-corrected chi connectivity index (χ2v) is 6.47. The zero-order valence-electron chi connectivity index (χ0n) is 14.3. The number of fused-ring (bicyclic) bond motifs is 1. The maximum absolute atomic E-state index is 11.8. The predicted molar refractivity (Wildman–Crippen MR) is 88.1 cm³/mol. The summed E-state index contributed by atoms with van der Waals surface area (Å²) in [5.41, 5.74) is 0.485. The van der Waals surface area contributed by atoms with Crippen molar-refractivity contribution in [2.45, 2.75) is 39.2 Å². The van der Waals surface area contributed by atoms with E-state index in [1.165, 1.54) is 0 Å². The van der Waals surface area contributed by atoms with Crippen molar-refractivity contribution in [1.82, 2.24) is 10.6 Å². The van der Waals surface area contributed by atoms with E-state index >= 15 is 0 Å². The Labute approximate surface area is 141 Å². The lowest BCUT2D eigenvalue weighted by Crippen LogP contribution is -2.37. The lowest BCUT2D eigenvalue weighted by Gasteiger charge is -2.19. The largest absolute Gasteiger partial charge is 0.454 e. The maximum atomic E-state index is 11.8. The molecule has 0 bridgehead atoms. The summed E-state index contributed by atoms with van der Waals surface area (Å²) in [6.45, 7) is 6.31. The van der Waals surface area contributed by atoms with Gasteiger partial charge in [0.1, 0.15) is 5.60 Å². The summed E-state index contributed by atoms with van der Waals surface area (Å²) in [5, 5.41) is 5.35. The van der Waals surface area contributed by atoms with Crippen LogP contribution in [0.1, 0.15) is 32.8 Å². The minimum atomic E-state index is -0.530. The second-order valence-electron chi connectivity index (χ2n) is 6.47. The van der Waals surface area contributed by atoms with Crippen LogP contribution >= 0.6 is 0 Å². The van der Waals surface area contributed by atoms with E-state index in [0.717, 1.165) is 17.1 Å². The molecular weight excluding hydrogens is 312 g/mol. The molecule has 0 atom stereocenters. The average molecular weight is 336 g/mol. The third kappa shape index (κ3) is 5.98. The Morgan fingerprint density at radius 1 is 1.12 bits per heavy atom. The number of amides is 2. The number of alkyl carbamates (subject to hydrolysis) is 1. The molecular formula is C17H24N2O5. The van der Waals surface area contributed by atoms with Gasteiger partial charge in [-0.3, -0.25) is 4.79 Å². The van der Waals surface area contributed by atoms with Crippen LogP contribution in [0.25, 0.3) is 0 Å². The van der Waals surface area contributed by atoms with Gasteiger partial charge in [-0.15, -0.1) is 0 Å². The van der Waals surface area contributed by atoms with Gasteiger partial charge in [-0.05, 0) is 44.9 Å². The van der Waals surface area contributed by atoms with E-state index in [4.69, 9.17) is 14.2 Å². The molecule has 0 fully saturated rings. The number of nitrogens with one attached hydrogen (secondary N) is 2. The first-order valence-electron chi connectivity index (χ1n) is 7.95. The van der Waals surface area contributed by atoms with Crippen molar-refractivity contribution < 1.29 is 23.8 Å². The third-order valence-corrected chi connectivity index (χ3v) is 3.19. The van der Waals surface area contributed by atoms with Gasteiger partial charge in [0.2, 0.25) is 12.7 Å². The van der Waals surface area contributed by atoms with Crippen LogP contribution in [0.3, 0.4) is 0 Å². The van der Waals surface area contributed by atoms with Crippen molar-refractivity contribution in [3.8, 4) is 11.5 Å². The molecule has 0 saturated heterocycles. The van der Waals surface area contributed by atoms with Gasteiger partial charge in [0.15, 0.2) is 11.5 Å². The minimum absolute atomic E-state index is 0.0707. The van der Waals surface area contributed by atoms with Crippen molar-refractivity contribution in [1.29, 1.82) is 0 Å². The van der Waals surface area contributed by atoms with Crippen LogP contribution in [0, 0.1) is 0 Å². The van der Waals surface area contributed by atoms with Gasteiger partial charge in [-0.1, -0.05) is 6.07 Å². The Kier molecular flexibility index (Phi) is 5.89. The Bertz CT molecular complexity index is 595. The summed E-state index contributed by atoms with van der Waals surface area (Å²) < 4.78 is 15.7. The van der Waals surface area contributed by atoms with Crippen LogP contribution in [-0.4, -0.2) is 37.5 Å². The summed E-state index contributed by atoms with van der Waals surface area (Å²) in [7, 11) is 0. The molecule has 1 aromatic carbocycles. The number of carbonyl (C=O) groups is 2. The van der Waals surface area contributed by atoms with E-state index in [1.807, 2.05) is 18.2 Å². The highest BCUT2D eigenvalue weighted by molar-refractivity contribution is 5.76. The van der Waals surface area contributed by atoms with Crippen LogP contribution in [0.15, 0.2) is 18.2 Å². The molecule has 0 radical (unpaired) electrons. The fraction of sp³-hybridized carbons (Fsp3) is 0.529. The first-order chi connectivity index (χ1) is 11.3. The van der Waals surface area contributed by atoms with Crippen LogP contribution < -0.4 is 20.1 Å². The topological polar surface area (TPSA) is 85.9 Å². The molecule has 7 nitrogen and oxygen atoms in total. The molecule has 1 heterocycles. The fourth-order valence-electron chi connectivity index (χ4n) is 2.12. The SMILES string of the molecule is CC(C)(C)OC(=O)NCCNC(=O)CCc1ccc2c(c1)OCO2. The Balaban J connectivity index is 1.61. The Morgan fingerprint density at radius 3 is 2.58 bits per heavy atom. The minimum Gasteiger partial charge on any atom is -0.454 e. The number of hydrogen-bond donors (Lipinski definition) is 2. The zero-order valence-corrected chi connectivity index (χ0v) is 14.3. The maximum Gasteiger partial charge on any atom is 0.407 e. The molecule has 0 unspecified atom stereocenters. The van der Waals surface area contributed by atoms with Crippen molar-refractivity contribution in [2.75, 3.05) is 19.9 Å². The van der Waals surface area contributed by atoms with Crippen LogP contribution in [0.4, 0.5) is 4.79 Å². The van der Waals surface area contributed by atoms with Crippen LogP contribution in [0.5, 0.6) is 11.5 Å². The third-order valence-electron chi connectivity index (χ3n) is 3.19. The number of aryl methyl sites for hydroxylation is 1. The molecule has 2 rings (SSSR count). The van der Waals surface area contributed by atoms with Gasteiger partial charge < -0.3 is 24.8 Å². The van der Waals surface area contributed by atoms with Gasteiger partial charge >= 0.3 is 6.09 Å². The molecule has 0 aromatic heterocycles. The molecule has 0 saturated carbocycles. The molecule has 1 aliphatic rings. The number of ether oxygens (including phenoxy) is 3. The quantitative estimate of drug-likeness (QED) is 0.776. The normalized spacial score (nSPS) is 12.6. The lowest BCUT2D eigenvalue weighted by molar-refractivity contribution is -0.121. The summed E-state index contributed by atoms with van der Waals surface area (Å²) in [5.74, 6) is 1.38. The molecule has 24 heavy (non-hydrogen) atoms. The second kappa shape index (κ2) is 7.90. The van der Waals surface area contributed by atoms with E-state index < -0.39 is 11.7 Å². The molecule has 1 aromatic rings. The van der Waals surface area contributed by atoms with E-state index in [-0.39, 0.29) is 12.7 Å². The summed E-state index contributed by atoms with van der Waals surface area (Å²) in [4.78, 5) is 23.3. The van der Waals surface area contributed by atoms with Gasteiger partial charge in [0.25, 0.3) is 0 Å². The molecule has 1 aliphatic heterocycles. The number of rotatable bonds is 6. The average Bonchev–Trinajstić information content (AvgIpc) is 2.95. The van der Waals surface area contributed by atoms with E-state index in [0.29, 0.717) is 25.9 Å². The molecule has 0 spiro atoms. The molecule has 7 heteroatoms. The van der Waals surface area contributed by atoms with Crippen molar-refractivity contribution >= 4 is 12.0 Å². The summed E-state index contributed by atoms with van der Waals surface area (Å²) in [6, 6.07) is 5.66. The summed E-state index contributed by atoms with van der Waals surface area (Å²) >= 11 is 0. The first kappa shape index (κ1) is 17.9. The van der Waals surface area contributed by atoms with Crippen LogP contribution in [-0.2, 0) is 16.0 Å². The van der Waals surface area contributed by atoms with E-state index in [9.17, 15) is 9.59 Å². The highest BCUT2D eigenvalue weighted by Gasteiger charge is 2.16. The monoisotopic (exact) mass is 336 g/mol. The van der Waals surface area contributed by atoms with Crippen molar-refractivity contribution in [3.05, 3.63) is 23.8 Å². The van der Waals surface area contributed by atoms with Gasteiger partial charge in [0.05, 0.1) is 0 Å². The fourth-order valence-corrected chi connectivity index (χ4v) is 2.12. The highest BCUT2D eigenvalue weighted by atomic mass is 16.7. The predicted octanol–water partition coefficient (Wildman–Crippen LogP) is 1.99. The Hall–Kier alpha value is -2.44. The zero-order chi connectivity index (χ0) is 17.6. The first-order valence-corrected chi connectivity index (χ1v) is 7.95. The van der Waals surface area contributed by atoms with Gasteiger partial charge in [-0.2, -0.15) is 0 Å². The Morgan fingerprint density at radius 2 is 1.83 bits per heavy atom. The van der Waals surface area contributed by atoms with E-state index in [2.05, 4.69) is 10.6 Å². The van der Waals surface area contributed by atoms with E-state index in [1.54, 1.807) is 20.8 Å². The molecule has 132 valence electrons. The van der Waals surface area contributed by atoms with Crippen LogP contribution in [0.2, 0.25) is 0 Å². The number of carbonyl (C=O) groups excluding carboxylic acids is 2. The molecule has 0 aliphatic carbocycles. The van der Waals surface area contributed by atoms with Crippen molar-refractivity contribution in [3.63, 3.8) is 0 Å². The number of benzene rings is 1. The van der Waals surface area contributed by atoms with Crippen molar-refractivity contribution in [2.24, 2.45) is 0 Å². The highest BCUT2D eigenvalue weighted by Crippen LogP contribution is 2.32.